The summed E-state index contributed by atoms with van der Waals surface area (Å²) in [5.41, 5.74) is 0. The van der Waals surface area contributed by atoms with Gasteiger partial charge in [-0.15, -0.1) is 0 Å². The molecule has 2 unspecified atom stereocenters. The van der Waals surface area contributed by atoms with E-state index >= 15 is 0 Å². The van der Waals surface area contributed by atoms with Gasteiger partial charge < -0.3 is 13.1 Å². The van der Waals surface area contributed by atoms with E-state index in [-0.39, 0.29) is 40.6 Å². The first kappa shape index (κ1) is 11.0. The second kappa shape index (κ2) is 5.32. The van der Waals surface area contributed by atoms with Gasteiger partial charge >= 0.3 is 37.7 Å². The van der Waals surface area contributed by atoms with Crippen molar-refractivity contribution in [2.45, 2.75) is 26.1 Å². The normalized spacial score (nSPS) is 17.1. The van der Waals surface area contributed by atoms with Gasteiger partial charge in [-0.1, -0.05) is 0 Å². The Kier molecular flexibility index (Phi) is 8.39. The molecule has 0 aromatic heterocycles. The summed E-state index contributed by atoms with van der Waals surface area (Å²) in [5, 5.41) is 16.8. The van der Waals surface area contributed by atoms with Crippen molar-refractivity contribution in [3.8, 4) is 0 Å². The Balaban J connectivity index is -0.0000000417. The fraction of sp³-hybridized carbons (Fsp3) is 1.00. The quantitative estimate of drug-likeness (QED) is 0.476. The molecule has 0 aromatic rings. The van der Waals surface area contributed by atoms with E-state index < -0.39 is 12.2 Å². The van der Waals surface area contributed by atoms with Crippen LogP contribution in [0.4, 0.5) is 0 Å². The Labute approximate surface area is 76.5 Å². The fourth-order valence-corrected chi connectivity index (χ4v) is 0. The van der Waals surface area contributed by atoms with Gasteiger partial charge in [0.2, 0.25) is 0 Å². The van der Waals surface area contributed by atoms with Crippen LogP contribution in [0.5, 0.6) is 0 Å². The molecule has 0 aliphatic heterocycles. The summed E-state index contributed by atoms with van der Waals surface area (Å²) in [5.74, 6) is 0. The molecule has 0 radical (unpaired) electrons. The predicted molar refractivity (Wildman–Crippen MR) is 31.3 cm³/mol. The Hall–Kier alpha value is 1.18. The molecule has 0 fully saturated rings. The SMILES string of the molecule is CC(O)C(C)O.[Ca+2].[H-].[H-]. The molecule has 0 aliphatic carbocycles. The standard InChI is InChI=1S/C4H10O2.Ca.2H/c1-3(5)4(2)6;;;/h3-6H,1-2H3;;;/q;+2;2*-1. The third-order valence-electron chi connectivity index (χ3n) is 0.698. The number of hydrogen-bond donors (Lipinski definition) is 2. The summed E-state index contributed by atoms with van der Waals surface area (Å²) < 4.78 is 0. The monoisotopic (exact) mass is 132 g/mol. The van der Waals surface area contributed by atoms with Crippen LogP contribution in [-0.2, 0) is 0 Å². The van der Waals surface area contributed by atoms with Gasteiger partial charge in [-0.3, -0.25) is 0 Å². The molecule has 2 N–H and O–H groups in total. The van der Waals surface area contributed by atoms with Crippen molar-refractivity contribution in [1.82, 2.24) is 0 Å². The summed E-state index contributed by atoms with van der Waals surface area (Å²) in [6.45, 7) is 3.09. The van der Waals surface area contributed by atoms with E-state index in [0.29, 0.717) is 0 Å². The van der Waals surface area contributed by atoms with Crippen LogP contribution in [0.1, 0.15) is 16.7 Å². The minimum Gasteiger partial charge on any atom is -1.00 e. The van der Waals surface area contributed by atoms with E-state index in [1.165, 1.54) is 0 Å². The molecule has 0 rings (SSSR count). The molecule has 0 heterocycles. The smallest absolute Gasteiger partial charge is 1.00 e. The van der Waals surface area contributed by atoms with Crippen LogP contribution in [0.2, 0.25) is 0 Å². The first-order valence-electron chi connectivity index (χ1n) is 2.00. The molecule has 0 saturated carbocycles. The zero-order valence-corrected chi connectivity index (χ0v) is 6.96. The molecular weight excluding hydrogens is 120 g/mol. The topological polar surface area (TPSA) is 40.5 Å². The predicted octanol–water partition coefficient (Wildman–Crippen LogP) is -0.408. The van der Waals surface area contributed by atoms with E-state index in [1.54, 1.807) is 13.8 Å². The minimum absolute atomic E-state index is 0. The van der Waals surface area contributed by atoms with Crippen molar-refractivity contribution in [2.24, 2.45) is 0 Å². The maximum atomic E-state index is 8.38. The second-order valence-electron chi connectivity index (χ2n) is 1.48. The van der Waals surface area contributed by atoms with Crippen LogP contribution in [-0.4, -0.2) is 60.2 Å². The van der Waals surface area contributed by atoms with Crippen LogP contribution in [0, 0.1) is 0 Å². The summed E-state index contributed by atoms with van der Waals surface area (Å²) in [6.07, 6.45) is -1.19. The minimum atomic E-state index is -0.593. The third kappa shape index (κ3) is 7.18. The average Bonchev–Trinajstić information content (AvgIpc) is 1.36. The molecule has 0 bridgehead atoms. The van der Waals surface area contributed by atoms with E-state index in [0.717, 1.165) is 0 Å². The Morgan fingerprint density at radius 1 is 1.14 bits per heavy atom. The van der Waals surface area contributed by atoms with Crippen LogP contribution in [0.3, 0.4) is 0 Å². The zero-order valence-electron chi connectivity index (χ0n) is 6.76. The Morgan fingerprint density at radius 2 is 1.29 bits per heavy atom. The molecule has 0 saturated heterocycles. The largest absolute Gasteiger partial charge is 2.00 e. The second-order valence-corrected chi connectivity index (χ2v) is 1.48. The number of rotatable bonds is 1. The van der Waals surface area contributed by atoms with Crippen molar-refractivity contribution in [1.29, 1.82) is 0 Å². The van der Waals surface area contributed by atoms with E-state index in [1.807, 2.05) is 0 Å². The summed E-state index contributed by atoms with van der Waals surface area (Å²) in [6, 6.07) is 0. The van der Waals surface area contributed by atoms with Gasteiger partial charge in [0, 0.05) is 0 Å². The van der Waals surface area contributed by atoms with Gasteiger partial charge in [0.25, 0.3) is 0 Å². The van der Waals surface area contributed by atoms with Crippen molar-refractivity contribution >= 4 is 37.7 Å². The molecule has 2 nitrogen and oxygen atoms in total. The summed E-state index contributed by atoms with van der Waals surface area (Å²) in [7, 11) is 0. The van der Waals surface area contributed by atoms with E-state index in [4.69, 9.17) is 10.2 Å². The molecule has 3 heteroatoms. The summed E-state index contributed by atoms with van der Waals surface area (Å²) in [4.78, 5) is 0. The number of hydrogen-bond acceptors (Lipinski definition) is 2. The van der Waals surface area contributed by atoms with E-state index in [2.05, 4.69) is 0 Å². The fourth-order valence-electron chi connectivity index (χ4n) is 0. The average molecular weight is 132 g/mol. The van der Waals surface area contributed by atoms with Crippen LogP contribution in [0.15, 0.2) is 0 Å². The van der Waals surface area contributed by atoms with Gasteiger partial charge in [0.15, 0.2) is 0 Å². The van der Waals surface area contributed by atoms with Crippen molar-refractivity contribution in [3.05, 3.63) is 0 Å². The van der Waals surface area contributed by atoms with Gasteiger partial charge in [-0.05, 0) is 13.8 Å². The molecule has 7 heavy (non-hydrogen) atoms. The molecule has 0 aromatic carbocycles. The molecule has 0 aliphatic rings. The van der Waals surface area contributed by atoms with Crippen molar-refractivity contribution < 1.29 is 13.1 Å². The molecule has 42 valence electrons. The molecule has 0 spiro atoms. The van der Waals surface area contributed by atoms with Gasteiger partial charge in [0.1, 0.15) is 0 Å². The van der Waals surface area contributed by atoms with Crippen molar-refractivity contribution in [3.63, 3.8) is 0 Å². The number of aliphatic hydroxyl groups excluding tert-OH is 2. The van der Waals surface area contributed by atoms with Crippen LogP contribution < -0.4 is 0 Å². The Bertz CT molecular complexity index is 37.5. The van der Waals surface area contributed by atoms with Gasteiger partial charge in [-0.25, -0.2) is 0 Å². The van der Waals surface area contributed by atoms with Gasteiger partial charge in [0.05, 0.1) is 12.2 Å². The van der Waals surface area contributed by atoms with Crippen LogP contribution >= 0.6 is 0 Å². The maximum absolute atomic E-state index is 8.38. The first-order valence-corrected chi connectivity index (χ1v) is 2.00. The molecule has 0 amide bonds. The maximum Gasteiger partial charge on any atom is 2.00 e. The van der Waals surface area contributed by atoms with Crippen molar-refractivity contribution in [2.75, 3.05) is 0 Å². The van der Waals surface area contributed by atoms with E-state index in [9.17, 15) is 0 Å². The molecular formula is C4H12CaO2. The van der Waals surface area contributed by atoms with Gasteiger partial charge in [-0.2, -0.15) is 0 Å². The Morgan fingerprint density at radius 3 is 1.29 bits per heavy atom. The van der Waals surface area contributed by atoms with Crippen LogP contribution in [0.25, 0.3) is 0 Å². The third-order valence-corrected chi connectivity index (χ3v) is 0.698. The number of aliphatic hydroxyl groups is 2. The summed E-state index contributed by atoms with van der Waals surface area (Å²) >= 11 is 0. The zero-order chi connectivity index (χ0) is 5.15. The molecule has 2 atom stereocenters. The first-order chi connectivity index (χ1) is 2.64.